The van der Waals surface area contributed by atoms with Gasteiger partial charge in [-0.15, -0.1) is 0 Å². The lowest BCUT2D eigenvalue weighted by atomic mass is 10.1. The van der Waals surface area contributed by atoms with Crippen LogP contribution in [-0.4, -0.2) is 39.6 Å². The second-order valence-corrected chi connectivity index (χ2v) is 6.89. The Labute approximate surface area is 160 Å². The number of amides is 1. The summed E-state index contributed by atoms with van der Waals surface area (Å²) >= 11 is 16.3. The Kier molecular flexibility index (Phi) is 9.71. The number of nitrogens with two attached hydrogens (primary N) is 2. The van der Waals surface area contributed by atoms with Gasteiger partial charge in [-0.3, -0.25) is 0 Å². The predicted molar refractivity (Wildman–Crippen MR) is 90.4 cm³/mol. The zero-order valence-corrected chi connectivity index (χ0v) is 15.0. The molecule has 26 heavy (non-hydrogen) atoms. The molecule has 1 rings (SSSR count). The summed E-state index contributed by atoms with van der Waals surface area (Å²) in [5, 5.41) is 7.12. The van der Waals surface area contributed by atoms with Gasteiger partial charge in [0.1, 0.15) is 12.4 Å². The molecule has 13 heteroatoms. The monoisotopic (exact) mass is 437 g/mol. The first-order valence-electron chi connectivity index (χ1n) is 6.43. The number of rotatable bonds is 3. The fraction of sp³-hybridized carbons (Fsp3) is 0.308. The van der Waals surface area contributed by atoms with Crippen LogP contribution in [0.15, 0.2) is 29.3 Å². The van der Waals surface area contributed by atoms with E-state index >= 15 is 0 Å². The highest BCUT2D eigenvalue weighted by molar-refractivity contribution is 6.67. The molecule has 0 aliphatic heterocycles. The van der Waals surface area contributed by atoms with Crippen molar-refractivity contribution in [3.8, 4) is 0 Å². The van der Waals surface area contributed by atoms with E-state index in [9.17, 15) is 18.0 Å². The number of alkyl halides is 6. The summed E-state index contributed by atoms with van der Waals surface area (Å²) in [6, 6.07) is 6.96. The van der Waals surface area contributed by atoms with E-state index in [-0.39, 0.29) is 5.84 Å². The van der Waals surface area contributed by atoms with Gasteiger partial charge in [0.25, 0.3) is 0 Å². The number of hydrogen-bond donors (Lipinski definition) is 3. The first-order chi connectivity index (χ1) is 11.8. The average molecular weight is 439 g/mol. The topological polar surface area (TPSA) is 128 Å². The van der Waals surface area contributed by atoms with Crippen LogP contribution in [0.4, 0.5) is 18.0 Å². The minimum atomic E-state index is -5.08. The first-order valence-corrected chi connectivity index (χ1v) is 7.57. The van der Waals surface area contributed by atoms with Crippen LogP contribution in [0.25, 0.3) is 0 Å². The molecule has 7 nitrogen and oxygen atoms in total. The van der Waals surface area contributed by atoms with Gasteiger partial charge in [-0.2, -0.15) is 18.2 Å². The highest BCUT2D eigenvalue weighted by Gasteiger charge is 2.38. The van der Waals surface area contributed by atoms with Crippen molar-refractivity contribution >= 4 is 52.7 Å². The summed E-state index contributed by atoms with van der Waals surface area (Å²) in [6.07, 6.45) is -6.01. The van der Waals surface area contributed by atoms with Crippen LogP contribution >= 0.6 is 34.8 Å². The number of carbonyl (C=O) groups excluding carboxylic acids is 1. The third-order valence-electron chi connectivity index (χ3n) is 2.30. The molecule has 0 radical (unpaired) electrons. The third-order valence-corrected chi connectivity index (χ3v) is 2.63. The molecule has 5 N–H and O–H groups in total. The van der Waals surface area contributed by atoms with E-state index < -0.39 is 28.6 Å². The van der Waals surface area contributed by atoms with E-state index in [1.807, 2.05) is 0 Å². The molecule has 0 fully saturated rings. The third kappa shape index (κ3) is 11.0. The van der Waals surface area contributed by atoms with E-state index in [0.717, 1.165) is 5.56 Å². The highest BCUT2D eigenvalue weighted by atomic mass is 35.6. The number of hydrogen-bond acceptors (Lipinski definition) is 4. The van der Waals surface area contributed by atoms with Crippen molar-refractivity contribution in [3.63, 3.8) is 0 Å². The minimum Gasteiger partial charge on any atom is -0.475 e. The maximum Gasteiger partial charge on any atom is 0.490 e. The van der Waals surface area contributed by atoms with E-state index in [2.05, 4.69) is 9.73 Å². The Morgan fingerprint density at radius 1 is 1.15 bits per heavy atom. The zero-order chi connectivity index (χ0) is 20.5. The molecule has 0 saturated carbocycles. The van der Waals surface area contributed by atoms with Gasteiger partial charge >= 0.3 is 18.2 Å². The molecule has 1 aromatic rings. The van der Waals surface area contributed by atoms with Gasteiger partial charge in [-0.1, -0.05) is 59.1 Å². The van der Waals surface area contributed by atoms with E-state index in [1.165, 1.54) is 0 Å². The molecule has 0 aliphatic carbocycles. The number of halogens is 6. The molecule has 0 saturated heterocycles. The average Bonchev–Trinajstić information content (AvgIpc) is 2.52. The summed E-state index contributed by atoms with van der Waals surface area (Å²) in [5.41, 5.74) is 12.6. The number of amidine groups is 1. The van der Waals surface area contributed by atoms with Crippen molar-refractivity contribution in [1.29, 1.82) is 0 Å². The minimum absolute atomic E-state index is 0.0119. The fourth-order valence-corrected chi connectivity index (χ4v) is 1.31. The lowest BCUT2D eigenvalue weighted by Gasteiger charge is -2.09. The number of nitrogens with zero attached hydrogens (tertiary/aromatic N) is 1. The van der Waals surface area contributed by atoms with Gasteiger partial charge < -0.3 is 21.3 Å². The number of carboxylic acid groups (broad SMARTS) is 1. The lowest BCUT2D eigenvalue weighted by Crippen LogP contribution is -2.21. The van der Waals surface area contributed by atoms with Crippen LogP contribution in [-0.2, 0) is 16.1 Å². The van der Waals surface area contributed by atoms with Gasteiger partial charge in [-0.25, -0.2) is 9.59 Å². The molecular formula is C13H13Cl3F3N3O4. The quantitative estimate of drug-likeness (QED) is 0.378. The summed E-state index contributed by atoms with van der Waals surface area (Å²) in [4.78, 5) is 23.7. The summed E-state index contributed by atoms with van der Waals surface area (Å²) in [5.74, 6) is -2.75. The summed E-state index contributed by atoms with van der Waals surface area (Å²) in [6.45, 7) is 0.0159. The number of ether oxygens (including phenoxy) is 1. The van der Waals surface area contributed by atoms with Gasteiger partial charge in [0.15, 0.2) is 0 Å². The molecule has 1 aromatic carbocycles. The number of benzene rings is 1. The second kappa shape index (κ2) is 10.4. The fourth-order valence-electron chi connectivity index (χ4n) is 1.15. The largest absolute Gasteiger partial charge is 0.490 e. The van der Waals surface area contributed by atoms with Crippen molar-refractivity contribution in [2.24, 2.45) is 16.5 Å². The van der Waals surface area contributed by atoms with Crippen molar-refractivity contribution in [2.75, 3.05) is 6.61 Å². The summed E-state index contributed by atoms with van der Waals surface area (Å²) < 4.78 is 34.7. The van der Waals surface area contributed by atoms with Crippen LogP contribution in [0.2, 0.25) is 0 Å². The Balaban J connectivity index is 0.000000758. The molecule has 0 aromatic heterocycles. The molecule has 0 atom stereocenters. The van der Waals surface area contributed by atoms with Crippen LogP contribution in [0.1, 0.15) is 11.1 Å². The van der Waals surface area contributed by atoms with Gasteiger partial charge in [-0.05, 0) is 5.56 Å². The van der Waals surface area contributed by atoms with E-state index in [0.29, 0.717) is 12.1 Å². The van der Waals surface area contributed by atoms with Gasteiger partial charge in [0.05, 0.1) is 0 Å². The van der Waals surface area contributed by atoms with Crippen LogP contribution in [0.3, 0.4) is 0 Å². The zero-order valence-electron chi connectivity index (χ0n) is 12.8. The normalized spacial score (nSPS) is 12.0. The maximum absolute atomic E-state index is 11.3. The molecule has 0 aliphatic rings. The molecule has 0 unspecified atom stereocenters. The van der Waals surface area contributed by atoms with Gasteiger partial charge in [0, 0.05) is 12.1 Å². The molecule has 146 valence electrons. The van der Waals surface area contributed by atoms with Crippen LogP contribution in [0, 0.1) is 0 Å². The Hall–Kier alpha value is -1.75. The van der Waals surface area contributed by atoms with Crippen molar-refractivity contribution in [2.45, 2.75) is 16.5 Å². The van der Waals surface area contributed by atoms with Crippen LogP contribution < -0.4 is 11.5 Å². The number of aliphatic carboxylic acids is 1. The van der Waals surface area contributed by atoms with E-state index in [1.54, 1.807) is 24.3 Å². The smallest absolute Gasteiger partial charge is 0.475 e. The Bertz CT molecular complexity index is 647. The Morgan fingerprint density at radius 2 is 1.62 bits per heavy atom. The van der Waals surface area contributed by atoms with Gasteiger partial charge in [0.2, 0.25) is 3.79 Å². The van der Waals surface area contributed by atoms with Crippen molar-refractivity contribution < 1.29 is 32.6 Å². The maximum atomic E-state index is 11.3. The summed E-state index contributed by atoms with van der Waals surface area (Å²) in [7, 11) is 0. The number of carbonyl (C=O) groups is 2. The second-order valence-electron chi connectivity index (χ2n) is 4.37. The Morgan fingerprint density at radius 3 is 1.96 bits per heavy atom. The lowest BCUT2D eigenvalue weighted by molar-refractivity contribution is -0.192. The number of carboxylic acids is 1. The first kappa shape index (κ1) is 24.2. The number of aliphatic imine (C=N–C) groups is 1. The molecule has 1 amide bonds. The van der Waals surface area contributed by atoms with Crippen molar-refractivity contribution in [3.05, 3.63) is 35.4 Å². The predicted octanol–water partition coefficient (Wildman–Crippen LogP) is 2.99. The standard InChI is InChI=1S/C11H12Cl3N3O2.C2HF3O2/c12-11(13,14)6-19-10(18)17-9(16)8-3-1-7(5-15)2-4-8;3-2(4,5)1(6)7/h1-4H,5-6,15H2,(H2,16,17,18);(H,6,7). The van der Waals surface area contributed by atoms with E-state index in [4.69, 9.17) is 56.2 Å². The SMILES string of the molecule is NCc1ccc(C(N)=NC(=O)OCC(Cl)(Cl)Cl)cc1.O=C(O)C(F)(F)F. The molecule has 0 heterocycles. The molecule has 0 bridgehead atoms. The highest BCUT2D eigenvalue weighted by Crippen LogP contribution is 2.26. The molecule has 0 spiro atoms. The van der Waals surface area contributed by atoms with Crippen molar-refractivity contribution in [1.82, 2.24) is 0 Å². The van der Waals surface area contributed by atoms with Crippen LogP contribution in [0.5, 0.6) is 0 Å². The molecular weight excluding hydrogens is 426 g/mol.